The van der Waals surface area contributed by atoms with E-state index < -0.39 is 0 Å². The molecule has 2 aromatic rings. The molecule has 6 nitrogen and oxygen atoms in total. The Morgan fingerprint density at radius 3 is 2.62 bits per heavy atom. The number of amides is 1. The van der Waals surface area contributed by atoms with Gasteiger partial charge < -0.3 is 19.3 Å². The summed E-state index contributed by atoms with van der Waals surface area (Å²) >= 11 is 0. The number of carbonyl (C=O) groups excluding carboxylic acids is 1. The summed E-state index contributed by atoms with van der Waals surface area (Å²) < 4.78 is 12.0. The monoisotopic (exact) mass is 439 g/mol. The van der Waals surface area contributed by atoms with Crippen molar-refractivity contribution in [2.24, 2.45) is 0 Å². The van der Waals surface area contributed by atoms with Crippen LogP contribution >= 0.6 is 0 Å². The van der Waals surface area contributed by atoms with Crippen molar-refractivity contribution in [3.8, 4) is 11.5 Å². The molecular formula is C26H37N3O3. The minimum Gasteiger partial charge on any atom is -0.494 e. The zero-order chi connectivity index (χ0) is 22.9. The van der Waals surface area contributed by atoms with Gasteiger partial charge in [0, 0.05) is 50.4 Å². The molecule has 1 aliphatic heterocycles. The SMILES string of the molecule is CCOc1ccc(CN(C)C)cc1CN1CCOc2ccccc2CC(=O)N(CC)CC1. The van der Waals surface area contributed by atoms with Crippen LogP contribution in [0.1, 0.15) is 30.5 Å². The molecule has 0 bridgehead atoms. The molecule has 0 saturated heterocycles. The van der Waals surface area contributed by atoms with E-state index in [1.807, 2.05) is 43.0 Å². The fourth-order valence-electron chi connectivity index (χ4n) is 4.10. The lowest BCUT2D eigenvalue weighted by atomic mass is 10.1. The Hall–Kier alpha value is -2.57. The Kier molecular flexibility index (Phi) is 8.94. The molecule has 0 aliphatic carbocycles. The maximum Gasteiger partial charge on any atom is 0.227 e. The summed E-state index contributed by atoms with van der Waals surface area (Å²) in [7, 11) is 4.16. The van der Waals surface area contributed by atoms with E-state index in [0.717, 1.165) is 43.2 Å². The first-order chi connectivity index (χ1) is 15.5. The number of hydrogen-bond donors (Lipinski definition) is 0. The van der Waals surface area contributed by atoms with Crippen LogP contribution in [0.3, 0.4) is 0 Å². The molecule has 0 saturated carbocycles. The first-order valence-electron chi connectivity index (χ1n) is 11.6. The smallest absolute Gasteiger partial charge is 0.227 e. The van der Waals surface area contributed by atoms with Crippen LogP contribution in [-0.4, -0.2) is 74.1 Å². The van der Waals surface area contributed by atoms with E-state index in [0.29, 0.717) is 32.7 Å². The van der Waals surface area contributed by atoms with Gasteiger partial charge in [0.25, 0.3) is 0 Å². The van der Waals surface area contributed by atoms with E-state index in [9.17, 15) is 4.79 Å². The van der Waals surface area contributed by atoms with Gasteiger partial charge in [0.15, 0.2) is 0 Å². The highest BCUT2D eigenvalue weighted by Crippen LogP contribution is 2.24. The number of rotatable bonds is 7. The molecular weight excluding hydrogens is 402 g/mol. The van der Waals surface area contributed by atoms with Gasteiger partial charge in [-0.25, -0.2) is 0 Å². The van der Waals surface area contributed by atoms with Gasteiger partial charge in [0.1, 0.15) is 18.1 Å². The minimum atomic E-state index is 0.147. The molecule has 2 aromatic carbocycles. The predicted molar refractivity (Wildman–Crippen MR) is 128 cm³/mol. The Morgan fingerprint density at radius 2 is 1.88 bits per heavy atom. The lowest BCUT2D eigenvalue weighted by Crippen LogP contribution is -2.39. The van der Waals surface area contributed by atoms with Gasteiger partial charge in [-0.1, -0.05) is 24.3 Å². The van der Waals surface area contributed by atoms with Gasteiger partial charge in [0.05, 0.1) is 13.0 Å². The topological polar surface area (TPSA) is 45.3 Å². The molecule has 1 aliphatic rings. The third-order valence-electron chi connectivity index (χ3n) is 5.72. The van der Waals surface area contributed by atoms with Crippen molar-refractivity contribution in [2.75, 3.05) is 53.5 Å². The Labute approximate surface area is 192 Å². The number of fused-ring (bicyclic) bond motifs is 1. The van der Waals surface area contributed by atoms with Gasteiger partial charge in [-0.05, 0) is 51.7 Å². The lowest BCUT2D eigenvalue weighted by molar-refractivity contribution is -0.130. The summed E-state index contributed by atoms with van der Waals surface area (Å²) in [5, 5.41) is 0. The van der Waals surface area contributed by atoms with E-state index in [1.165, 1.54) is 11.1 Å². The van der Waals surface area contributed by atoms with Gasteiger partial charge in [-0.2, -0.15) is 0 Å². The third kappa shape index (κ3) is 6.71. The van der Waals surface area contributed by atoms with E-state index in [1.54, 1.807) is 0 Å². The van der Waals surface area contributed by atoms with Crippen LogP contribution in [-0.2, 0) is 24.3 Å². The van der Waals surface area contributed by atoms with Crippen molar-refractivity contribution in [3.05, 3.63) is 59.2 Å². The van der Waals surface area contributed by atoms with Crippen molar-refractivity contribution < 1.29 is 14.3 Å². The Bertz CT molecular complexity index is 884. The molecule has 0 N–H and O–H groups in total. The normalized spacial score (nSPS) is 15.8. The zero-order valence-corrected chi connectivity index (χ0v) is 20.0. The van der Waals surface area contributed by atoms with Gasteiger partial charge in [0.2, 0.25) is 5.91 Å². The van der Waals surface area contributed by atoms with E-state index in [2.05, 4.69) is 42.1 Å². The van der Waals surface area contributed by atoms with Crippen molar-refractivity contribution in [2.45, 2.75) is 33.4 Å². The number of nitrogens with zero attached hydrogens (tertiary/aromatic N) is 3. The number of ether oxygens (including phenoxy) is 2. The summed E-state index contributed by atoms with van der Waals surface area (Å²) in [6.07, 6.45) is 0.380. The summed E-state index contributed by atoms with van der Waals surface area (Å²) in [6.45, 7) is 9.91. The quantitative estimate of drug-likeness (QED) is 0.661. The molecule has 1 amide bonds. The van der Waals surface area contributed by atoms with Crippen molar-refractivity contribution in [1.82, 2.24) is 14.7 Å². The highest BCUT2D eigenvalue weighted by atomic mass is 16.5. The highest BCUT2D eigenvalue weighted by molar-refractivity contribution is 5.79. The second kappa shape index (κ2) is 11.9. The van der Waals surface area contributed by atoms with Crippen LogP contribution in [0.2, 0.25) is 0 Å². The largest absolute Gasteiger partial charge is 0.494 e. The number of benzene rings is 2. The van der Waals surface area contributed by atoms with Crippen molar-refractivity contribution in [1.29, 1.82) is 0 Å². The van der Waals surface area contributed by atoms with Crippen LogP contribution in [0, 0.1) is 0 Å². The second-order valence-electron chi connectivity index (χ2n) is 8.50. The second-order valence-corrected chi connectivity index (χ2v) is 8.50. The molecule has 0 fully saturated rings. The first kappa shape index (κ1) is 24.1. The molecule has 174 valence electrons. The summed E-state index contributed by atoms with van der Waals surface area (Å²) in [6, 6.07) is 14.3. The maximum absolute atomic E-state index is 12.9. The van der Waals surface area contributed by atoms with E-state index in [4.69, 9.17) is 9.47 Å². The number of likely N-dealkylation sites (N-methyl/N-ethyl adjacent to an activating group) is 1. The molecule has 32 heavy (non-hydrogen) atoms. The first-order valence-corrected chi connectivity index (χ1v) is 11.6. The summed E-state index contributed by atoms with van der Waals surface area (Å²) in [5.74, 6) is 1.88. The van der Waals surface area contributed by atoms with Crippen LogP contribution in [0.25, 0.3) is 0 Å². The highest BCUT2D eigenvalue weighted by Gasteiger charge is 2.19. The lowest BCUT2D eigenvalue weighted by Gasteiger charge is -2.27. The van der Waals surface area contributed by atoms with Crippen molar-refractivity contribution in [3.63, 3.8) is 0 Å². The molecule has 6 heteroatoms. The standard InChI is InChI=1S/C26H37N3O3/c1-5-29-14-13-28(15-16-32-24-10-8-7-9-22(24)18-26(29)30)20-23-17-21(19-27(3)4)11-12-25(23)31-6-2/h7-12,17H,5-6,13-16,18-20H2,1-4H3. The molecule has 3 rings (SSSR count). The average molecular weight is 440 g/mol. The van der Waals surface area contributed by atoms with Gasteiger partial charge >= 0.3 is 0 Å². The fourth-order valence-corrected chi connectivity index (χ4v) is 4.10. The van der Waals surface area contributed by atoms with Crippen LogP contribution in [0.5, 0.6) is 11.5 Å². The summed E-state index contributed by atoms with van der Waals surface area (Å²) in [4.78, 5) is 19.4. The van der Waals surface area contributed by atoms with Crippen LogP contribution in [0.4, 0.5) is 0 Å². The maximum atomic E-state index is 12.9. The average Bonchev–Trinajstić information content (AvgIpc) is 2.78. The number of hydrogen-bond acceptors (Lipinski definition) is 5. The van der Waals surface area contributed by atoms with Gasteiger partial charge in [-0.3, -0.25) is 9.69 Å². The molecule has 0 unspecified atom stereocenters. The number of para-hydroxylation sites is 1. The Balaban J connectivity index is 1.82. The molecule has 1 heterocycles. The van der Waals surface area contributed by atoms with Crippen LogP contribution < -0.4 is 9.47 Å². The molecule has 0 aromatic heterocycles. The molecule has 0 radical (unpaired) electrons. The van der Waals surface area contributed by atoms with Crippen LogP contribution in [0.15, 0.2) is 42.5 Å². The molecule has 0 atom stereocenters. The number of carbonyl (C=O) groups is 1. The predicted octanol–water partition coefficient (Wildman–Crippen LogP) is 3.43. The third-order valence-corrected chi connectivity index (χ3v) is 5.72. The fraction of sp³-hybridized carbons (Fsp3) is 0.500. The Morgan fingerprint density at radius 1 is 1.06 bits per heavy atom. The van der Waals surface area contributed by atoms with Gasteiger partial charge in [-0.15, -0.1) is 0 Å². The summed E-state index contributed by atoms with van der Waals surface area (Å²) in [5.41, 5.74) is 3.40. The van der Waals surface area contributed by atoms with E-state index in [-0.39, 0.29) is 5.91 Å². The van der Waals surface area contributed by atoms with E-state index >= 15 is 0 Å². The van der Waals surface area contributed by atoms with Crippen molar-refractivity contribution >= 4 is 5.91 Å². The minimum absolute atomic E-state index is 0.147. The zero-order valence-electron chi connectivity index (χ0n) is 20.0. The molecule has 0 spiro atoms.